The van der Waals surface area contributed by atoms with Gasteiger partial charge < -0.3 is 4.74 Å². The van der Waals surface area contributed by atoms with Gasteiger partial charge in [0.25, 0.3) is 0 Å². The Bertz CT molecular complexity index is 735. The normalized spacial score (nSPS) is 11.3. The van der Waals surface area contributed by atoms with Crippen LogP contribution in [0.4, 0.5) is 13.2 Å². The first-order valence-corrected chi connectivity index (χ1v) is 7.99. The molecule has 128 valence electrons. The molecule has 0 aliphatic carbocycles. The van der Waals surface area contributed by atoms with Gasteiger partial charge in [-0.25, -0.2) is 0 Å². The number of rotatable bonds is 6. The van der Waals surface area contributed by atoms with Gasteiger partial charge in [0, 0.05) is 16.9 Å². The summed E-state index contributed by atoms with van der Waals surface area (Å²) in [6.07, 6.45) is -4.69. The number of Topliss-reactive ketones (excluding diaryl/α,β-unsaturated/α-hetero) is 1. The fourth-order valence-corrected chi connectivity index (χ4v) is 2.91. The first-order valence-electron chi connectivity index (χ1n) is 7.17. The molecule has 0 fully saturated rings. The molecule has 24 heavy (non-hydrogen) atoms. The van der Waals surface area contributed by atoms with E-state index < -0.39 is 24.3 Å². The Hall–Kier alpha value is -2.15. The van der Waals surface area contributed by atoms with Crippen LogP contribution in [0.25, 0.3) is 0 Å². The lowest BCUT2D eigenvalue weighted by molar-refractivity contribution is -0.147. The molecule has 0 saturated heterocycles. The molecule has 1 aromatic heterocycles. The number of ether oxygens (including phenoxy) is 1. The predicted octanol–water partition coefficient (Wildman–Crippen LogP) is 4.78. The lowest BCUT2D eigenvalue weighted by atomic mass is 10.1. The molecule has 0 radical (unpaired) electrons. The number of esters is 1. The third-order valence-corrected chi connectivity index (χ3v) is 4.32. The summed E-state index contributed by atoms with van der Waals surface area (Å²) in [6.45, 7) is 1.40. The van der Waals surface area contributed by atoms with Crippen LogP contribution in [0.5, 0.6) is 0 Å². The summed E-state index contributed by atoms with van der Waals surface area (Å²) in [5.41, 5.74) is -0.943. The second kappa shape index (κ2) is 7.61. The van der Waals surface area contributed by atoms with E-state index in [4.69, 9.17) is 4.74 Å². The first kappa shape index (κ1) is 18.2. The van der Waals surface area contributed by atoms with Crippen LogP contribution in [0.2, 0.25) is 0 Å². The minimum Gasteiger partial charge on any atom is -0.461 e. The van der Waals surface area contributed by atoms with Gasteiger partial charge in [-0.1, -0.05) is 18.2 Å². The number of hydrogen-bond donors (Lipinski definition) is 0. The fraction of sp³-hybridized carbons (Fsp3) is 0.294. The van der Waals surface area contributed by atoms with Crippen molar-refractivity contribution >= 4 is 23.1 Å². The Morgan fingerprint density at radius 2 is 1.79 bits per heavy atom. The number of carbonyl (C=O) groups excluding carboxylic acids is 2. The number of thiophene rings is 1. The van der Waals surface area contributed by atoms with E-state index in [9.17, 15) is 22.8 Å². The molecule has 2 aromatic rings. The Labute approximate surface area is 141 Å². The second-order valence-corrected chi connectivity index (χ2v) is 6.44. The smallest absolute Gasteiger partial charge is 0.416 e. The van der Waals surface area contributed by atoms with Crippen LogP contribution >= 0.6 is 11.3 Å². The van der Waals surface area contributed by atoms with Crippen LogP contribution in [0.15, 0.2) is 36.4 Å². The zero-order valence-corrected chi connectivity index (χ0v) is 13.7. The summed E-state index contributed by atoms with van der Waals surface area (Å²) in [7, 11) is 0. The first-order chi connectivity index (χ1) is 11.3. The highest BCUT2D eigenvalue weighted by atomic mass is 32.1. The summed E-state index contributed by atoms with van der Waals surface area (Å²) >= 11 is 1.34. The molecule has 0 amide bonds. The molecule has 0 saturated carbocycles. The van der Waals surface area contributed by atoms with Gasteiger partial charge >= 0.3 is 12.1 Å². The molecule has 0 aliphatic rings. The van der Waals surface area contributed by atoms with Gasteiger partial charge in [-0.3, -0.25) is 9.59 Å². The van der Waals surface area contributed by atoms with Gasteiger partial charge in [0.05, 0.1) is 16.9 Å². The molecule has 1 aromatic carbocycles. The molecular formula is C17H15F3O3S. The Kier molecular flexibility index (Phi) is 5.77. The average molecular weight is 356 g/mol. The third-order valence-electron chi connectivity index (χ3n) is 3.28. The van der Waals surface area contributed by atoms with Crippen LogP contribution in [-0.2, 0) is 22.3 Å². The third kappa shape index (κ3) is 4.92. The van der Waals surface area contributed by atoms with Crippen molar-refractivity contribution in [2.24, 2.45) is 0 Å². The standard InChI is InChI=1S/C17H15F3O3S/c1-11-6-8-15(24-11)14(21)7-9-16(22)23-10-12-4-2-3-5-13(12)17(18,19)20/h2-6,8H,7,9-10H2,1H3. The number of hydrogen-bond acceptors (Lipinski definition) is 4. The Morgan fingerprint density at radius 3 is 2.42 bits per heavy atom. The molecule has 0 bridgehead atoms. The lowest BCUT2D eigenvalue weighted by Crippen LogP contribution is -2.12. The van der Waals surface area contributed by atoms with Crippen molar-refractivity contribution in [3.8, 4) is 0 Å². The van der Waals surface area contributed by atoms with Crippen molar-refractivity contribution in [3.05, 3.63) is 57.3 Å². The maximum atomic E-state index is 12.8. The molecular weight excluding hydrogens is 341 g/mol. The van der Waals surface area contributed by atoms with E-state index in [0.717, 1.165) is 10.9 Å². The molecule has 0 atom stereocenters. The summed E-state index contributed by atoms with van der Waals surface area (Å²) in [5, 5.41) is 0. The van der Waals surface area contributed by atoms with E-state index >= 15 is 0 Å². The van der Waals surface area contributed by atoms with Gasteiger partial charge in [0.2, 0.25) is 0 Å². The Balaban J connectivity index is 1.87. The van der Waals surface area contributed by atoms with Crippen LogP contribution in [0.3, 0.4) is 0 Å². The van der Waals surface area contributed by atoms with E-state index in [-0.39, 0.29) is 24.2 Å². The summed E-state index contributed by atoms with van der Waals surface area (Å²) in [4.78, 5) is 25.1. The SMILES string of the molecule is Cc1ccc(C(=O)CCC(=O)OCc2ccccc2C(F)(F)F)s1. The number of alkyl halides is 3. The average Bonchev–Trinajstić information content (AvgIpc) is 2.96. The second-order valence-electron chi connectivity index (χ2n) is 5.15. The van der Waals surface area contributed by atoms with Gasteiger partial charge in [0.1, 0.15) is 6.61 Å². The molecule has 1 heterocycles. The molecule has 0 spiro atoms. The maximum Gasteiger partial charge on any atom is 0.416 e. The zero-order chi connectivity index (χ0) is 17.7. The van der Waals surface area contributed by atoms with Crippen molar-refractivity contribution in [3.63, 3.8) is 0 Å². The lowest BCUT2D eigenvalue weighted by Gasteiger charge is -2.12. The molecule has 7 heteroatoms. The van der Waals surface area contributed by atoms with Crippen LogP contribution in [0, 0.1) is 6.92 Å². The van der Waals surface area contributed by atoms with Crippen LogP contribution in [0.1, 0.15) is 38.5 Å². The van der Waals surface area contributed by atoms with Gasteiger partial charge in [-0.05, 0) is 25.1 Å². The van der Waals surface area contributed by atoms with Crippen LogP contribution < -0.4 is 0 Å². The van der Waals surface area contributed by atoms with Gasteiger partial charge in [0.15, 0.2) is 5.78 Å². The van der Waals surface area contributed by atoms with Gasteiger partial charge in [-0.15, -0.1) is 11.3 Å². The van der Waals surface area contributed by atoms with Crippen molar-refractivity contribution in [2.75, 3.05) is 0 Å². The van der Waals surface area contributed by atoms with Crippen molar-refractivity contribution in [1.29, 1.82) is 0 Å². The highest BCUT2D eigenvalue weighted by molar-refractivity contribution is 7.14. The van der Waals surface area contributed by atoms with Crippen molar-refractivity contribution in [1.82, 2.24) is 0 Å². The molecule has 0 unspecified atom stereocenters. The zero-order valence-electron chi connectivity index (χ0n) is 12.9. The minimum absolute atomic E-state index is 0.0281. The quantitative estimate of drug-likeness (QED) is 0.552. The number of benzene rings is 1. The highest BCUT2D eigenvalue weighted by Gasteiger charge is 2.33. The number of halogens is 3. The number of ketones is 1. The minimum atomic E-state index is -4.50. The highest BCUT2D eigenvalue weighted by Crippen LogP contribution is 2.32. The topological polar surface area (TPSA) is 43.4 Å². The van der Waals surface area contributed by atoms with Crippen molar-refractivity contribution < 1.29 is 27.5 Å². The van der Waals surface area contributed by atoms with Gasteiger partial charge in [-0.2, -0.15) is 13.2 Å². The number of aryl methyl sites for hydroxylation is 1. The monoisotopic (exact) mass is 356 g/mol. The van der Waals surface area contributed by atoms with E-state index in [1.807, 2.05) is 13.0 Å². The molecule has 0 N–H and O–H groups in total. The number of carbonyl (C=O) groups is 2. The molecule has 0 aliphatic heterocycles. The molecule has 2 rings (SSSR count). The summed E-state index contributed by atoms with van der Waals surface area (Å²) in [6, 6.07) is 8.41. The van der Waals surface area contributed by atoms with E-state index in [0.29, 0.717) is 4.88 Å². The van der Waals surface area contributed by atoms with Crippen LogP contribution in [-0.4, -0.2) is 11.8 Å². The van der Waals surface area contributed by atoms with E-state index in [1.54, 1.807) is 6.07 Å². The summed E-state index contributed by atoms with van der Waals surface area (Å²) < 4.78 is 43.4. The summed E-state index contributed by atoms with van der Waals surface area (Å²) in [5.74, 6) is -0.880. The van der Waals surface area contributed by atoms with E-state index in [1.165, 1.54) is 29.5 Å². The Morgan fingerprint density at radius 1 is 1.08 bits per heavy atom. The molecule has 3 nitrogen and oxygen atoms in total. The predicted molar refractivity (Wildman–Crippen MR) is 83.9 cm³/mol. The van der Waals surface area contributed by atoms with E-state index in [2.05, 4.69) is 0 Å². The fourth-order valence-electron chi connectivity index (χ4n) is 2.08. The van der Waals surface area contributed by atoms with Crippen molar-refractivity contribution in [2.45, 2.75) is 32.5 Å². The largest absolute Gasteiger partial charge is 0.461 e. The maximum absolute atomic E-state index is 12.8.